The van der Waals surface area contributed by atoms with Gasteiger partial charge in [0.05, 0.1) is 11.4 Å². The van der Waals surface area contributed by atoms with Gasteiger partial charge in [-0.1, -0.05) is 0 Å². The third-order valence-corrected chi connectivity index (χ3v) is 1.63. The van der Waals surface area contributed by atoms with Gasteiger partial charge in [0.1, 0.15) is 0 Å². The zero-order chi connectivity index (χ0) is 14.3. The molecular weight excluding hydrogens is 299 g/mol. The predicted octanol–water partition coefficient (Wildman–Crippen LogP) is 2.22. The van der Waals surface area contributed by atoms with E-state index >= 15 is 0 Å². The lowest BCUT2D eigenvalue weighted by atomic mass is 10.1. The molecule has 17 heavy (non-hydrogen) atoms. The summed E-state index contributed by atoms with van der Waals surface area (Å²) >= 11 is -4.42. The van der Waals surface area contributed by atoms with E-state index < -0.39 is 35.5 Å². The molecule has 0 saturated heterocycles. The molecule has 1 atom stereocenters. The highest BCUT2D eigenvalue weighted by atomic mass is 32.2. The van der Waals surface area contributed by atoms with Gasteiger partial charge in [0, 0.05) is 0 Å². The lowest BCUT2D eigenvalue weighted by molar-refractivity contribution is -0.428. The van der Waals surface area contributed by atoms with Crippen LogP contribution < -0.4 is 0 Å². The van der Waals surface area contributed by atoms with E-state index in [0.717, 1.165) is 0 Å². The molecule has 1 unspecified atom stereocenters. The quantitative estimate of drug-likeness (QED) is 0.591. The van der Waals surface area contributed by atoms with E-state index in [-0.39, 0.29) is 0 Å². The monoisotopic (exact) mass is 299 g/mol. The van der Waals surface area contributed by atoms with Crippen molar-refractivity contribution in [2.45, 2.75) is 24.1 Å². The van der Waals surface area contributed by atoms with E-state index in [0.29, 0.717) is 0 Å². The fraction of sp³-hybridized carbons (Fsp3) is 1.00. The molecule has 3 nitrogen and oxygen atoms in total. The Morgan fingerprint density at radius 1 is 0.824 bits per heavy atom. The minimum atomic E-state index is -7.18. The van der Waals surface area contributed by atoms with Gasteiger partial charge in [-0.2, -0.15) is 39.5 Å². The second kappa shape index (κ2) is 4.28. The Kier molecular flexibility index (Phi) is 4.13. The van der Waals surface area contributed by atoms with Gasteiger partial charge in [-0.05, 0) is 0 Å². The normalized spacial score (nSPS) is 17.1. The fourth-order valence-electron chi connectivity index (χ4n) is 0.499. The maximum Gasteiger partial charge on any atom is 0.460 e. The van der Waals surface area contributed by atoms with Crippen LogP contribution in [0.5, 0.6) is 0 Å². The summed E-state index contributed by atoms with van der Waals surface area (Å²) in [6.07, 6.45) is -13.6. The van der Waals surface area contributed by atoms with E-state index in [1.165, 1.54) is 0 Å². The first kappa shape index (κ1) is 16.4. The van der Waals surface area contributed by atoms with Crippen molar-refractivity contribution < 1.29 is 52.5 Å². The summed E-state index contributed by atoms with van der Waals surface area (Å²) in [7, 11) is 0. The van der Waals surface area contributed by atoms with Crippen LogP contribution in [0.15, 0.2) is 0 Å². The fourth-order valence-corrected chi connectivity index (χ4v) is 0.774. The van der Waals surface area contributed by atoms with Gasteiger partial charge in [-0.3, -0.25) is 0 Å². The molecule has 0 heterocycles. The number of halogens is 9. The molecule has 0 aliphatic carbocycles. The lowest BCUT2D eigenvalue weighted by Gasteiger charge is -2.32. The van der Waals surface area contributed by atoms with Gasteiger partial charge >= 0.3 is 24.1 Å². The molecule has 0 fully saturated rings. The summed E-state index contributed by atoms with van der Waals surface area (Å²) in [4.78, 5) is 0. The van der Waals surface area contributed by atoms with Gasteiger partial charge in [0.15, 0.2) is 0 Å². The van der Waals surface area contributed by atoms with Gasteiger partial charge in [0.25, 0.3) is 0 Å². The molecule has 0 radical (unpaired) electrons. The van der Waals surface area contributed by atoms with Crippen LogP contribution in [0.3, 0.4) is 0 Å². The largest absolute Gasteiger partial charge is 0.750 e. The molecular formula is C4F9O3S-. The summed E-state index contributed by atoms with van der Waals surface area (Å²) in [5, 5.41) is 0. The summed E-state index contributed by atoms with van der Waals surface area (Å²) in [6, 6.07) is 0. The van der Waals surface area contributed by atoms with Crippen molar-refractivity contribution in [3.8, 4) is 0 Å². The second-order valence-corrected chi connectivity index (χ2v) is 3.03. The van der Waals surface area contributed by atoms with Crippen molar-refractivity contribution in [1.82, 2.24) is 0 Å². The molecule has 0 rings (SSSR count). The first-order chi connectivity index (χ1) is 7.17. The molecule has 0 aromatic carbocycles. The highest BCUT2D eigenvalue weighted by Gasteiger charge is 2.83. The highest BCUT2D eigenvalue weighted by Crippen LogP contribution is 2.53. The third-order valence-electron chi connectivity index (χ3n) is 1.29. The van der Waals surface area contributed by atoms with Gasteiger partial charge in [0.2, 0.25) is 0 Å². The standard InChI is InChI=1S/C4HF9O3S/c5-1(6,3(9,10)11)2(7,8)4(12,13)16-17(14)15/h(H,14,15)/p-1. The van der Waals surface area contributed by atoms with Crippen LogP contribution >= 0.6 is 0 Å². The van der Waals surface area contributed by atoms with Crippen LogP contribution in [0.25, 0.3) is 0 Å². The predicted molar refractivity (Wildman–Crippen MR) is 30.9 cm³/mol. The van der Waals surface area contributed by atoms with E-state index in [1.54, 1.807) is 0 Å². The Bertz CT molecular complexity index is 310. The first-order valence-corrected chi connectivity index (χ1v) is 4.15. The molecule has 0 aliphatic rings. The summed E-state index contributed by atoms with van der Waals surface area (Å²) < 4.78 is 128. The van der Waals surface area contributed by atoms with Crippen molar-refractivity contribution in [2.24, 2.45) is 0 Å². The maximum absolute atomic E-state index is 12.2. The minimum Gasteiger partial charge on any atom is -0.750 e. The molecule has 0 aromatic heterocycles. The van der Waals surface area contributed by atoms with Crippen molar-refractivity contribution in [2.75, 3.05) is 0 Å². The van der Waals surface area contributed by atoms with E-state index in [2.05, 4.69) is 0 Å². The van der Waals surface area contributed by atoms with Crippen molar-refractivity contribution in [3.63, 3.8) is 0 Å². The van der Waals surface area contributed by atoms with Gasteiger partial charge in [-0.15, -0.1) is 0 Å². The zero-order valence-electron chi connectivity index (χ0n) is 7.03. The van der Waals surface area contributed by atoms with Gasteiger partial charge in [-0.25, -0.2) is 8.39 Å². The van der Waals surface area contributed by atoms with Crippen molar-refractivity contribution in [3.05, 3.63) is 0 Å². The highest BCUT2D eigenvalue weighted by molar-refractivity contribution is 7.74. The zero-order valence-corrected chi connectivity index (χ0v) is 7.85. The number of hydrogen-bond acceptors (Lipinski definition) is 3. The lowest BCUT2D eigenvalue weighted by Crippen LogP contribution is -2.61. The molecule has 13 heteroatoms. The summed E-state index contributed by atoms with van der Waals surface area (Å²) in [5.41, 5.74) is 0. The molecule has 0 spiro atoms. The van der Waals surface area contributed by atoms with Crippen molar-refractivity contribution >= 4 is 11.4 Å². The van der Waals surface area contributed by atoms with Crippen LogP contribution in [0.1, 0.15) is 0 Å². The number of hydrogen-bond donors (Lipinski definition) is 0. The van der Waals surface area contributed by atoms with Crippen LogP contribution in [-0.2, 0) is 15.5 Å². The number of alkyl halides is 9. The minimum absolute atomic E-state index is 2.04. The Morgan fingerprint density at radius 3 is 1.41 bits per heavy atom. The average molecular weight is 299 g/mol. The summed E-state index contributed by atoms with van der Waals surface area (Å²) in [6.45, 7) is 0. The number of rotatable bonds is 4. The first-order valence-electron chi connectivity index (χ1n) is 3.15. The molecule has 0 saturated carbocycles. The molecule has 0 bridgehead atoms. The third kappa shape index (κ3) is 2.82. The molecule has 104 valence electrons. The molecule has 0 aliphatic heterocycles. The van der Waals surface area contributed by atoms with E-state index in [1.807, 2.05) is 4.18 Å². The molecule has 0 amide bonds. The van der Waals surface area contributed by atoms with E-state index in [4.69, 9.17) is 0 Å². The summed E-state index contributed by atoms with van der Waals surface area (Å²) in [5.74, 6) is -14.3. The maximum atomic E-state index is 12.2. The van der Waals surface area contributed by atoms with E-state index in [9.17, 15) is 48.3 Å². The van der Waals surface area contributed by atoms with Crippen molar-refractivity contribution in [1.29, 1.82) is 0 Å². The second-order valence-electron chi connectivity index (χ2n) is 2.45. The van der Waals surface area contributed by atoms with Gasteiger partial charge < -0.3 is 4.55 Å². The topological polar surface area (TPSA) is 49.4 Å². The molecule has 0 N–H and O–H groups in total. The Balaban J connectivity index is 5.47. The Morgan fingerprint density at radius 2 is 1.18 bits per heavy atom. The van der Waals surface area contributed by atoms with Crippen LogP contribution in [0.4, 0.5) is 39.5 Å². The average Bonchev–Trinajstić information content (AvgIpc) is 1.98. The Hall–Kier alpha value is -0.560. The Labute approximate surface area is 89.0 Å². The SMILES string of the molecule is O=S([O-])OC(F)(F)C(F)(F)C(F)(F)C(F)(F)F. The molecule has 0 aromatic rings. The van der Waals surface area contributed by atoms with Crippen LogP contribution in [-0.4, -0.2) is 32.9 Å². The van der Waals surface area contributed by atoms with Crippen LogP contribution in [0, 0.1) is 0 Å². The smallest absolute Gasteiger partial charge is 0.460 e. The van der Waals surface area contributed by atoms with Crippen LogP contribution in [0.2, 0.25) is 0 Å².